The van der Waals surface area contributed by atoms with Gasteiger partial charge in [0.25, 0.3) is 0 Å². The second-order valence-electron chi connectivity index (χ2n) is 4.00. The van der Waals surface area contributed by atoms with Crippen LogP contribution in [0.3, 0.4) is 0 Å². The number of carbonyl (C=O) groups excluding carboxylic acids is 1. The number of furan rings is 1. The molecule has 0 saturated carbocycles. The van der Waals surface area contributed by atoms with E-state index >= 15 is 0 Å². The first-order valence-electron chi connectivity index (χ1n) is 5.62. The predicted octanol–water partition coefficient (Wildman–Crippen LogP) is 3.66. The molecule has 2 rings (SSSR count). The lowest BCUT2D eigenvalue weighted by Gasteiger charge is -2.05. The van der Waals surface area contributed by atoms with E-state index in [1.807, 2.05) is 6.92 Å². The number of aryl methyl sites for hydroxylation is 2. The molecule has 0 saturated heterocycles. The average Bonchev–Trinajstić information content (AvgIpc) is 2.83. The van der Waals surface area contributed by atoms with Crippen molar-refractivity contribution in [2.75, 3.05) is 0 Å². The molecule has 2 aromatic rings. The summed E-state index contributed by atoms with van der Waals surface area (Å²) in [6.07, 6.45) is 1.89. The van der Waals surface area contributed by atoms with Crippen LogP contribution in [0.4, 0.5) is 8.78 Å². The van der Waals surface area contributed by atoms with Gasteiger partial charge in [-0.3, -0.25) is 4.79 Å². The molecule has 0 bridgehead atoms. The van der Waals surface area contributed by atoms with Crippen LogP contribution in [0.5, 0.6) is 0 Å². The Morgan fingerprint density at radius 1 is 1.17 bits per heavy atom. The van der Waals surface area contributed by atoms with Gasteiger partial charge < -0.3 is 4.42 Å². The predicted molar refractivity (Wildman–Crippen MR) is 62.6 cm³/mol. The molecule has 0 fully saturated rings. The Labute approximate surface area is 103 Å². The maximum atomic E-state index is 13.7. The van der Waals surface area contributed by atoms with Crippen molar-refractivity contribution in [2.24, 2.45) is 0 Å². The quantitative estimate of drug-likeness (QED) is 0.778. The summed E-state index contributed by atoms with van der Waals surface area (Å²) in [6.45, 7) is 3.27. The van der Waals surface area contributed by atoms with Crippen molar-refractivity contribution < 1.29 is 18.0 Å². The summed E-state index contributed by atoms with van der Waals surface area (Å²) in [5, 5.41) is 0. The zero-order valence-corrected chi connectivity index (χ0v) is 10.1. The molecule has 0 aliphatic rings. The Hall–Kier alpha value is -1.97. The summed E-state index contributed by atoms with van der Waals surface area (Å²) in [7, 11) is 0. The monoisotopic (exact) mass is 250 g/mol. The van der Waals surface area contributed by atoms with Crippen LogP contribution in [0.2, 0.25) is 0 Å². The van der Waals surface area contributed by atoms with E-state index in [9.17, 15) is 13.6 Å². The van der Waals surface area contributed by atoms with Crippen molar-refractivity contribution in [3.05, 3.63) is 58.5 Å². The van der Waals surface area contributed by atoms with Crippen molar-refractivity contribution in [1.29, 1.82) is 0 Å². The fourth-order valence-electron chi connectivity index (χ4n) is 1.78. The number of carbonyl (C=O) groups is 1. The Morgan fingerprint density at radius 2 is 1.89 bits per heavy atom. The molecule has 0 spiro atoms. The van der Waals surface area contributed by atoms with E-state index in [0.29, 0.717) is 12.2 Å². The number of hydrogen-bond donors (Lipinski definition) is 0. The van der Waals surface area contributed by atoms with Crippen molar-refractivity contribution in [1.82, 2.24) is 0 Å². The molecule has 0 unspecified atom stereocenters. The van der Waals surface area contributed by atoms with Gasteiger partial charge in [-0.15, -0.1) is 0 Å². The molecular formula is C14H12F2O2. The lowest BCUT2D eigenvalue weighted by Crippen LogP contribution is -2.07. The molecule has 0 radical (unpaired) electrons. The van der Waals surface area contributed by atoms with Gasteiger partial charge in [0.1, 0.15) is 5.76 Å². The van der Waals surface area contributed by atoms with E-state index in [0.717, 1.165) is 0 Å². The minimum absolute atomic E-state index is 0.173. The summed E-state index contributed by atoms with van der Waals surface area (Å²) in [6, 6.07) is 4.15. The molecule has 0 amide bonds. The van der Waals surface area contributed by atoms with Gasteiger partial charge in [-0.05, 0) is 24.6 Å². The Morgan fingerprint density at radius 3 is 2.56 bits per heavy atom. The number of hydrogen-bond acceptors (Lipinski definition) is 2. The number of halogens is 2. The van der Waals surface area contributed by atoms with Gasteiger partial charge in [0.2, 0.25) is 0 Å². The smallest absolute Gasteiger partial charge is 0.199 e. The molecule has 0 aliphatic heterocycles. The summed E-state index contributed by atoms with van der Waals surface area (Å²) in [5.74, 6) is -2.18. The van der Waals surface area contributed by atoms with Crippen LogP contribution in [-0.4, -0.2) is 5.78 Å². The van der Waals surface area contributed by atoms with Crippen LogP contribution in [0.25, 0.3) is 0 Å². The van der Waals surface area contributed by atoms with Crippen LogP contribution in [0.1, 0.15) is 34.2 Å². The van der Waals surface area contributed by atoms with E-state index in [2.05, 4.69) is 0 Å². The maximum absolute atomic E-state index is 13.7. The summed E-state index contributed by atoms with van der Waals surface area (Å²) >= 11 is 0. The molecule has 1 aromatic carbocycles. The fraction of sp³-hybridized carbons (Fsp3) is 0.214. The minimum Gasteiger partial charge on any atom is -0.469 e. The highest BCUT2D eigenvalue weighted by Gasteiger charge is 2.21. The summed E-state index contributed by atoms with van der Waals surface area (Å²) in [4.78, 5) is 12.1. The van der Waals surface area contributed by atoms with Gasteiger partial charge in [-0.2, -0.15) is 0 Å². The molecule has 0 N–H and O–H groups in total. The molecule has 4 heteroatoms. The topological polar surface area (TPSA) is 30.2 Å². The van der Waals surface area contributed by atoms with Crippen molar-refractivity contribution in [3.63, 3.8) is 0 Å². The first kappa shape index (κ1) is 12.5. The third kappa shape index (κ3) is 1.94. The van der Waals surface area contributed by atoms with Crippen molar-refractivity contribution >= 4 is 5.78 Å². The fourth-order valence-corrected chi connectivity index (χ4v) is 1.78. The van der Waals surface area contributed by atoms with Crippen molar-refractivity contribution in [3.8, 4) is 0 Å². The SMILES string of the molecule is CCc1occc1C(=O)c1ccc(C)c(F)c1F. The number of rotatable bonds is 3. The lowest BCUT2D eigenvalue weighted by molar-refractivity contribution is 0.103. The van der Waals surface area contributed by atoms with E-state index in [4.69, 9.17) is 4.42 Å². The second-order valence-corrected chi connectivity index (χ2v) is 4.00. The largest absolute Gasteiger partial charge is 0.469 e. The van der Waals surface area contributed by atoms with Gasteiger partial charge in [0, 0.05) is 6.42 Å². The zero-order chi connectivity index (χ0) is 13.3. The zero-order valence-electron chi connectivity index (χ0n) is 10.1. The van der Waals surface area contributed by atoms with Gasteiger partial charge in [-0.25, -0.2) is 8.78 Å². The van der Waals surface area contributed by atoms with Crippen molar-refractivity contribution in [2.45, 2.75) is 20.3 Å². The highest BCUT2D eigenvalue weighted by molar-refractivity contribution is 6.09. The average molecular weight is 250 g/mol. The van der Waals surface area contributed by atoms with Crippen LogP contribution < -0.4 is 0 Å². The van der Waals surface area contributed by atoms with Crippen LogP contribution in [0.15, 0.2) is 28.9 Å². The van der Waals surface area contributed by atoms with E-state index in [1.165, 1.54) is 31.4 Å². The molecular weight excluding hydrogens is 238 g/mol. The van der Waals surface area contributed by atoms with Gasteiger partial charge in [0.15, 0.2) is 17.4 Å². The summed E-state index contributed by atoms with van der Waals surface area (Å²) < 4.78 is 32.3. The van der Waals surface area contributed by atoms with Crippen LogP contribution in [-0.2, 0) is 6.42 Å². The Kier molecular flexibility index (Phi) is 3.28. The highest BCUT2D eigenvalue weighted by atomic mass is 19.2. The first-order valence-corrected chi connectivity index (χ1v) is 5.62. The van der Waals surface area contributed by atoms with Gasteiger partial charge >= 0.3 is 0 Å². The Balaban J connectivity index is 2.50. The van der Waals surface area contributed by atoms with E-state index in [1.54, 1.807) is 0 Å². The number of benzene rings is 1. The van der Waals surface area contributed by atoms with Gasteiger partial charge in [0.05, 0.1) is 17.4 Å². The molecule has 1 aromatic heterocycles. The Bertz CT molecular complexity index is 600. The molecule has 0 atom stereocenters. The molecule has 18 heavy (non-hydrogen) atoms. The maximum Gasteiger partial charge on any atom is 0.199 e. The second kappa shape index (κ2) is 4.72. The molecule has 94 valence electrons. The standard InChI is InChI=1S/C14H12F2O2/c1-3-11-9(6-7-18-11)14(17)10-5-4-8(2)12(15)13(10)16/h4-7H,3H2,1-2H3. The highest BCUT2D eigenvalue weighted by Crippen LogP contribution is 2.21. The third-order valence-electron chi connectivity index (χ3n) is 2.83. The van der Waals surface area contributed by atoms with Crippen LogP contribution >= 0.6 is 0 Å². The van der Waals surface area contributed by atoms with Gasteiger partial charge in [-0.1, -0.05) is 13.0 Å². The lowest BCUT2D eigenvalue weighted by atomic mass is 10.0. The van der Waals surface area contributed by atoms with E-state index < -0.39 is 17.4 Å². The normalized spacial score (nSPS) is 10.7. The van der Waals surface area contributed by atoms with E-state index in [-0.39, 0.29) is 16.7 Å². The first-order chi connectivity index (χ1) is 8.56. The number of ketones is 1. The summed E-state index contributed by atoms with van der Waals surface area (Å²) in [5.41, 5.74) is 0.181. The molecule has 0 aliphatic carbocycles. The third-order valence-corrected chi connectivity index (χ3v) is 2.83. The van der Waals surface area contributed by atoms with Crippen LogP contribution in [0, 0.1) is 18.6 Å². The molecule has 2 nitrogen and oxygen atoms in total. The molecule has 1 heterocycles. The minimum atomic E-state index is -1.11.